The summed E-state index contributed by atoms with van der Waals surface area (Å²) in [4.78, 5) is 2.53. The van der Waals surface area contributed by atoms with Gasteiger partial charge in [-0.15, -0.1) is 0 Å². The first-order chi connectivity index (χ1) is 9.10. The van der Waals surface area contributed by atoms with Crippen LogP contribution in [0.3, 0.4) is 0 Å². The standard InChI is InChI=1S/C16H26N2O/c1-12-11-16(19-3)13(2)10-14(12)4-7-18-8-5-15(17)6-9-18/h10-11,15H,4-9,17H2,1-3H3. The highest BCUT2D eigenvalue weighted by Gasteiger charge is 2.16. The predicted octanol–water partition coefficient (Wildman–Crippen LogP) is 2.28. The van der Waals surface area contributed by atoms with Crippen LogP contribution in [0.25, 0.3) is 0 Å². The summed E-state index contributed by atoms with van der Waals surface area (Å²) in [5, 5.41) is 0. The summed E-state index contributed by atoms with van der Waals surface area (Å²) in [5.41, 5.74) is 9.93. The molecule has 106 valence electrons. The van der Waals surface area contributed by atoms with E-state index < -0.39 is 0 Å². The van der Waals surface area contributed by atoms with Crippen molar-refractivity contribution < 1.29 is 4.74 Å². The monoisotopic (exact) mass is 262 g/mol. The smallest absolute Gasteiger partial charge is 0.122 e. The van der Waals surface area contributed by atoms with Gasteiger partial charge in [0, 0.05) is 12.6 Å². The number of piperidine rings is 1. The van der Waals surface area contributed by atoms with Crippen molar-refractivity contribution >= 4 is 0 Å². The Bertz CT molecular complexity index is 423. The normalized spacial score (nSPS) is 17.7. The molecule has 0 radical (unpaired) electrons. The second kappa shape index (κ2) is 6.40. The van der Waals surface area contributed by atoms with Gasteiger partial charge in [-0.2, -0.15) is 0 Å². The van der Waals surface area contributed by atoms with Gasteiger partial charge in [-0.25, -0.2) is 0 Å². The van der Waals surface area contributed by atoms with Gasteiger partial charge >= 0.3 is 0 Å². The maximum atomic E-state index is 5.94. The zero-order chi connectivity index (χ0) is 13.8. The molecule has 0 saturated carbocycles. The molecule has 2 N–H and O–H groups in total. The summed E-state index contributed by atoms with van der Waals surface area (Å²) in [5.74, 6) is 0.991. The molecule has 3 heteroatoms. The van der Waals surface area contributed by atoms with Gasteiger partial charge in [0.1, 0.15) is 5.75 Å². The van der Waals surface area contributed by atoms with Crippen LogP contribution in [-0.4, -0.2) is 37.7 Å². The first kappa shape index (κ1) is 14.4. The Kier molecular flexibility index (Phi) is 4.83. The van der Waals surface area contributed by atoms with E-state index in [-0.39, 0.29) is 0 Å². The van der Waals surface area contributed by atoms with Crippen molar-refractivity contribution in [2.75, 3.05) is 26.7 Å². The minimum Gasteiger partial charge on any atom is -0.496 e. The number of rotatable bonds is 4. The maximum Gasteiger partial charge on any atom is 0.122 e. The Labute approximate surface area is 116 Å². The van der Waals surface area contributed by atoms with Crippen molar-refractivity contribution in [3.05, 3.63) is 28.8 Å². The van der Waals surface area contributed by atoms with Gasteiger partial charge < -0.3 is 15.4 Å². The number of aryl methyl sites for hydroxylation is 2. The first-order valence-corrected chi connectivity index (χ1v) is 7.22. The highest BCUT2D eigenvalue weighted by atomic mass is 16.5. The van der Waals surface area contributed by atoms with Crippen LogP contribution in [-0.2, 0) is 6.42 Å². The fraction of sp³-hybridized carbons (Fsp3) is 0.625. The summed E-state index contributed by atoms with van der Waals surface area (Å²) in [6, 6.07) is 4.84. The van der Waals surface area contributed by atoms with Gasteiger partial charge in [-0.3, -0.25) is 0 Å². The second-order valence-corrected chi connectivity index (χ2v) is 5.68. The maximum absolute atomic E-state index is 5.94. The number of methoxy groups -OCH3 is 1. The molecule has 19 heavy (non-hydrogen) atoms. The van der Waals surface area contributed by atoms with E-state index in [9.17, 15) is 0 Å². The molecule has 0 amide bonds. The van der Waals surface area contributed by atoms with Crippen LogP contribution in [0.2, 0.25) is 0 Å². The number of benzene rings is 1. The van der Waals surface area contributed by atoms with E-state index in [2.05, 4.69) is 30.9 Å². The van der Waals surface area contributed by atoms with E-state index in [1.807, 2.05) is 0 Å². The highest BCUT2D eigenvalue weighted by molar-refractivity contribution is 5.41. The molecule has 0 bridgehead atoms. The number of nitrogens with zero attached hydrogens (tertiary/aromatic N) is 1. The molecule has 1 aliphatic heterocycles. The molecular formula is C16H26N2O. The van der Waals surface area contributed by atoms with E-state index in [1.165, 1.54) is 16.7 Å². The quantitative estimate of drug-likeness (QED) is 0.904. The lowest BCUT2D eigenvalue weighted by Gasteiger charge is -2.30. The Hall–Kier alpha value is -1.06. The summed E-state index contributed by atoms with van der Waals surface area (Å²) in [6.45, 7) is 7.72. The SMILES string of the molecule is COc1cc(C)c(CCN2CCC(N)CC2)cc1C. The van der Waals surface area contributed by atoms with E-state index in [1.54, 1.807) is 7.11 Å². The molecule has 1 saturated heterocycles. The number of hydrogen-bond acceptors (Lipinski definition) is 3. The Morgan fingerprint density at radius 1 is 1.21 bits per heavy atom. The number of nitrogens with two attached hydrogens (primary N) is 1. The van der Waals surface area contributed by atoms with Crippen LogP contribution in [0.1, 0.15) is 29.5 Å². The Morgan fingerprint density at radius 2 is 1.89 bits per heavy atom. The molecule has 0 unspecified atom stereocenters. The Morgan fingerprint density at radius 3 is 2.53 bits per heavy atom. The van der Waals surface area contributed by atoms with E-state index in [0.29, 0.717) is 6.04 Å². The van der Waals surface area contributed by atoms with Crippen LogP contribution in [0.15, 0.2) is 12.1 Å². The molecule has 2 rings (SSSR count). The van der Waals surface area contributed by atoms with Crippen molar-refractivity contribution in [3.8, 4) is 5.75 Å². The molecule has 1 aliphatic rings. The molecule has 0 aliphatic carbocycles. The Balaban J connectivity index is 1.94. The third kappa shape index (κ3) is 3.71. The van der Waals surface area contributed by atoms with Crippen molar-refractivity contribution in [1.82, 2.24) is 4.90 Å². The van der Waals surface area contributed by atoms with Gasteiger partial charge in [0.25, 0.3) is 0 Å². The predicted molar refractivity (Wildman–Crippen MR) is 79.8 cm³/mol. The summed E-state index contributed by atoms with van der Waals surface area (Å²) < 4.78 is 5.36. The van der Waals surface area contributed by atoms with E-state index in [4.69, 9.17) is 10.5 Å². The fourth-order valence-corrected chi connectivity index (χ4v) is 2.79. The third-order valence-electron chi connectivity index (χ3n) is 4.18. The van der Waals surface area contributed by atoms with Crippen molar-refractivity contribution in [1.29, 1.82) is 0 Å². The topological polar surface area (TPSA) is 38.5 Å². The fourth-order valence-electron chi connectivity index (χ4n) is 2.79. The zero-order valence-corrected chi connectivity index (χ0v) is 12.4. The second-order valence-electron chi connectivity index (χ2n) is 5.68. The molecule has 0 aromatic heterocycles. The zero-order valence-electron chi connectivity index (χ0n) is 12.4. The molecule has 1 aromatic carbocycles. The van der Waals surface area contributed by atoms with Gasteiger partial charge in [0.2, 0.25) is 0 Å². The average Bonchev–Trinajstić information content (AvgIpc) is 2.41. The van der Waals surface area contributed by atoms with Crippen LogP contribution in [0.5, 0.6) is 5.75 Å². The van der Waals surface area contributed by atoms with Crippen LogP contribution in [0, 0.1) is 13.8 Å². The van der Waals surface area contributed by atoms with Crippen molar-refractivity contribution in [3.63, 3.8) is 0 Å². The highest BCUT2D eigenvalue weighted by Crippen LogP contribution is 2.23. The molecule has 0 atom stereocenters. The van der Waals surface area contributed by atoms with Gasteiger partial charge in [-0.05, 0) is 69.0 Å². The summed E-state index contributed by atoms with van der Waals surface area (Å²) >= 11 is 0. The summed E-state index contributed by atoms with van der Waals surface area (Å²) in [7, 11) is 1.73. The summed E-state index contributed by atoms with van der Waals surface area (Å²) in [6.07, 6.45) is 3.40. The van der Waals surface area contributed by atoms with E-state index in [0.717, 1.165) is 44.6 Å². The number of likely N-dealkylation sites (tertiary alicyclic amines) is 1. The van der Waals surface area contributed by atoms with Crippen LogP contribution < -0.4 is 10.5 Å². The molecule has 1 aromatic rings. The third-order valence-corrected chi connectivity index (χ3v) is 4.18. The molecular weight excluding hydrogens is 236 g/mol. The minimum absolute atomic E-state index is 0.418. The van der Waals surface area contributed by atoms with Crippen molar-refractivity contribution in [2.24, 2.45) is 5.73 Å². The molecule has 0 spiro atoms. The lowest BCUT2D eigenvalue weighted by Crippen LogP contribution is -2.40. The van der Waals surface area contributed by atoms with Gasteiger partial charge in [0.05, 0.1) is 7.11 Å². The number of hydrogen-bond donors (Lipinski definition) is 1. The lowest BCUT2D eigenvalue weighted by atomic mass is 10.0. The average molecular weight is 262 g/mol. The minimum atomic E-state index is 0.418. The van der Waals surface area contributed by atoms with Crippen LogP contribution in [0.4, 0.5) is 0 Å². The molecule has 1 heterocycles. The van der Waals surface area contributed by atoms with Gasteiger partial charge in [0.15, 0.2) is 0 Å². The first-order valence-electron chi connectivity index (χ1n) is 7.22. The van der Waals surface area contributed by atoms with Crippen molar-refractivity contribution in [2.45, 2.75) is 39.2 Å². The molecule has 1 fully saturated rings. The number of ether oxygens (including phenoxy) is 1. The lowest BCUT2D eigenvalue weighted by molar-refractivity contribution is 0.215. The van der Waals surface area contributed by atoms with Gasteiger partial charge in [-0.1, -0.05) is 6.07 Å². The van der Waals surface area contributed by atoms with Crippen LogP contribution >= 0.6 is 0 Å². The van der Waals surface area contributed by atoms with E-state index >= 15 is 0 Å². The largest absolute Gasteiger partial charge is 0.496 e. The molecule has 3 nitrogen and oxygen atoms in total.